The van der Waals surface area contributed by atoms with Crippen LogP contribution >= 0.6 is 0 Å². The molecule has 0 spiro atoms. The van der Waals surface area contributed by atoms with Crippen molar-refractivity contribution in [3.05, 3.63) is 41.6 Å². The molecule has 0 bridgehead atoms. The van der Waals surface area contributed by atoms with Crippen molar-refractivity contribution in [1.29, 1.82) is 0 Å². The lowest BCUT2D eigenvalue weighted by Crippen LogP contribution is -2.15. The fraction of sp³-hybridized carbons (Fsp3) is 0.267. The van der Waals surface area contributed by atoms with Gasteiger partial charge in [0.1, 0.15) is 17.3 Å². The van der Waals surface area contributed by atoms with Crippen molar-refractivity contribution < 1.29 is 14.3 Å². The third kappa shape index (κ3) is 3.43. The van der Waals surface area contributed by atoms with Gasteiger partial charge in [0.15, 0.2) is 5.69 Å². The van der Waals surface area contributed by atoms with Crippen molar-refractivity contribution in [2.24, 2.45) is 5.73 Å². The first-order chi connectivity index (χ1) is 10.5. The predicted octanol–water partition coefficient (Wildman–Crippen LogP) is 1.77. The quantitative estimate of drug-likeness (QED) is 0.843. The van der Waals surface area contributed by atoms with Crippen LogP contribution in [0, 0.1) is 0 Å². The van der Waals surface area contributed by atoms with Gasteiger partial charge < -0.3 is 20.5 Å². The van der Waals surface area contributed by atoms with Crippen molar-refractivity contribution in [2.75, 3.05) is 19.5 Å². The van der Waals surface area contributed by atoms with E-state index in [0.717, 1.165) is 17.1 Å². The van der Waals surface area contributed by atoms with E-state index in [0.29, 0.717) is 5.82 Å². The molecule has 0 fully saturated rings. The molecule has 1 heterocycles. The second kappa shape index (κ2) is 6.75. The first-order valence-corrected chi connectivity index (χ1v) is 6.67. The summed E-state index contributed by atoms with van der Waals surface area (Å²) in [7, 11) is 3.22. The molecule has 1 amide bonds. The second-order valence-corrected chi connectivity index (χ2v) is 4.64. The highest BCUT2D eigenvalue weighted by molar-refractivity contribution is 5.90. The average Bonchev–Trinajstić information content (AvgIpc) is 2.54. The van der Waals surface area contributed by atoms with Gasteiger partial charge >= 0.3 is 0 Å². The van der Waals surface area contributed by atoms with Crippen LogP contribution in [0.3, 0.4) is 0 Å². The molecule has 0 aliphatic carbocycles. The van der Waals surface area contributed by atoms with Crippen LogP contribution in [0.2, 0.25) is 0 Å². The van der Waals surface area contributed by atoms with E-state index in [1.807, 2.05) is 25.1 Å². The number of anilines is 1. The molecule has 22 heavy (non-hydrogen) atoms. The highest BCUT2D eigenvalue weighted by Gasteiger charge is 2.14. The highest BCUT2D eigenvalue weighted by atomic mass is 16.5. The SMILES string of the molecule is COc1ccc(OC)c(C(C)Nc2ccc(C(N)=O)nn2)c1. The van der Waals surface area contributed by atoms with Crippen LogP contribution in [0.5, 0.6) is 11.5 Å². The minimum absolute atomic E-state index is 0.0984. The molecule has 2 aromatic rings. The summed E-state index contributed by atoms with van der Waals surface area (Å²) in [6.07, 6.45) is 0. The molecule has 0 saturated heterocycles. The number of hydrogen-bond donors (Lipinski definition) is 2. The van der Waals surface area contributed by atoms with Gasteiger partial charge in [-0.15, -0.1) is 10.2 Å². The molecule has 0 aliphatic heterocycles. The van der Waals surface area contributed by atoms with Gasteiger partial charge in [-0.3, -0.25) is 4.79 Å². The van der Waals surface area contributed by atoms with E-state index < -0.39 is 5.91 Å². The first-order valence-electron chi connectivity index (χ1n) is 6.67. The van der Waals surface area contributed by atoms with E-state index in [9.17, 15) is 4.79 Å². The summed E-state index contributed by atoms with van der Waals surface area (Å²) in [4.78, 5) is 11.0. The maximum absolute atomic E-state index is 11.0. The Morgan fingerprint density at radius 3 is 2.50 bits per heavy atom. The Bertz CT molecular complexity index is 658. The van der Waals surface area contributed by atoms with E-state index in [-0.39, 0.29) is 11.7 Å². The lowest BCUT2D eigenvalue weighted by atomic mass is 10.1. The molecular weight excluding hydrogens is 284 g/mol. The Morgan fingerprint density at radius 2 is 1.95 bits per heavy atom. The number of nitrogens with zero attached hydrogens (tertiary/aromatic N) is 2. The maximum Gasteiger partial charge on any atom is 0.269 e. The van der Waals surface area contributed by atoms with Crippen LogP contribution in [0.1, 0.15) is 29.0 Å². The number of nitrogens with one attached hydrogen (secondary N) is 1. The van der Waals surface area contributed by atoms with Gasteiger partial charge in [-0.1, -0.05) is 0 Å². The van der Waals surface area contributed by atoms with Crippen LogP contribution in [-0.4, -0.2) is 30.3 Å². The van der Waals surface area contributed by atoms with Crippen LogP contribution in [0.4, 0.5) is 5.82 Å². The first kappa shape index (κ1) is 15.6. The second-order valence-electron chi connectivity index (χ2n) is 4.64. The maximum atomic E-state index is 11.0. The number of nitrogens with two attached hydrogens (primary N) is 1. The Balaban J connectivity index is 2.20. The van der Waals surface area contributed by atoms with Crippen LogP contribution in [-0.2, 0) is 0 Å². The number of amides is 1. The molecule has 7 heteroatoms. The summed E-state index contributed by atoms with van der Waals surface area (Å²) in [5.41, 5.74) is 6.18. The summed E-state index contributed by atoms with van der Waals surface area (Å²) < 4.78 is 10.6. The Labute approximate surface area is 128 Å². The van der Waals surface area contributed by atoms with Crippen LogP contribution < -0.4 is 20.5 Å². The van der Waals surface area contributed by atoms with Crippen LogP contribution in [0.25, 0.3) is 0 Å². The van der Waals surface area contributed by atoms with Gasteiger partial charge in [0.05, 0.1) is 20.3 Å². The summed E-state index contributed by atoms with van der Waals surface area (Å²) >= 11 is 0. The average molecular weight is 302 g/mol. The number of ether oxygens (including phenoxy) is 2. The van der Waals surface area contributed by atoms with Gasteiger partial charge in [-0.25, -0.2) is 0 Å². The summed E-state index contributed by atoms with van der Waals surface area (Å²) in [6, 6.07) is 8.63. The number of rotatable bonds is 6. The third-order valence-electron chi connectivity index (χ3n) is 3.18. The number of aromatic nitrogens is 2. The van der Waals surface area contributed by atoms with E-state index in [2.05, 4.69) is 15.5 Å². The lowest BCUT2D eigenvalue weighted by molar-refractivity contribution is 0.0994. The van der Waals surface area contributed by atoms with E-state index in [1.54, 1.807) is 20.3 Å². The summed E-state index contributed by atoms with van der Waals surface area (Å²) in [5, 5.41) is 10.9. The molecule has 3 N–H and O–H groups in total. The summed E-state index contributed by atoms with van der Waals surface area (Å²) in [6.45, 7) is 1.96. The van der Waals surface area contributed by atoms with E-state index >= 15 is 0 Å². The predicted molar refractivity (Wildman–Crippen MR) is 82.1 cm³/mol. The van der Waals surface area contributed by atoms with Crippen molar-refractivity contribution in [1.82, 2.24) is 10.2 Å². The van der Waals surface area contributed by atoms with Gasteiger partial charge in [-0.05, 0) is 37.3 Å². The van der Waals surface area contributed by atoms with Crippen molar-refractivity contribution in [3.63, 3.8) is 0 Å². The fourth-order valence-electron chi connectivity index (χ4n) is 2.02. The zero-order valence-corrected chi connectivity index (χ0v) is 12.7. The molecule has 116 valence electrons. The number of methoxy groups -OCH3 is 2. The standard InChI is InChI=1S/C15H18N4O3/c1-9(11-8-10(21-2)4-6-13(11)22-3)17-14-7-5-12(15(16)20)18-19-14/h4-9H,1-3H3,(H2,16,20)(H,17,19). The molecule has 1 aromatic carbocycles. The smallest absolute Gasteiger partial charge is 0.269 e. The Morgan fingerprint density at radius 1 is 1.18 bits per heavy atom. The molecule has 2 rings (SSSR count). The normalized spacial score (nSPS) is 11.6. The van der Waals surface area contributed by atoms with Crippen LogP contribution in [0.15, 0.2) is 30.3 Å². The number of carbonyl (C=O) groups is 1. The van der Waals surface area contributed by atoms with Gasteiger partial charge in [-0.2, -0.15) is 0 Å². The summed E-state index contributed by atoms with van der Waals surface area (Å²) in [5.74, 6) is 1.39. The van der Waals surface area contributed by atoms with Gasteiger partial charge in [0, 0.05) is 5.56 Å². The lowest BCUT2D eigenvalue weighted by Gasteiger charge is -2.18. The Kier molecular flexibility index (Phi) is 4.77. The number of hydrogen-bond acceptors (Lipinski definition) is 6. The minimum atomic E-state index is -0.610. The number of carbonyl (C=O) groups excluding carboxylic acids is 1. The topological polar surface area (TPSA) is 99.4 Å². The highest BCUT2D eigenvalue weighted by Crippen LogP contribution is 2.30. The molecule has 1 aromatic heterocycles. The zero-order chi connectivity index (χ0) is 16.1. The van der Waals surface area contributed by atoms with E-state index in [1.165, 1.54) is 6.07 Å². The number of primary amides is 1. The molecule has 0 radical (unpaired) electrons. The minimum Gasteiger partial charge on any atom is -0.497 e. The Hall–Kier alpha value is -2.83. The molecule has 0 aliphatic rings. The largest absolute Gasteiger partial charge is 0.497 e. The molecular formula is C15H18N4O3. The molecule has 7 nitrogen and oxygen atoms in total. The molecule has 1 atom stereocenters. The van der Waals surface area contributed by atoms with Gasteiger partial charge in [0.2, 0.25) is 0 Å². The van der Waals surface area contributed by atoms with Crippen molar-refractivity contribution >= 4 is 11.7 Å². The molecule has 0 saturated carbocycles. The van der Waals surface area contributed by atoms with Crippen molar-refractivity contribution in [2.45, 2.75) is 13.0 Å². The van der Waals surface area contributed by atoms with Crippen molar-refractivity contribution in [3.8, 4) is 11.5 Å². The fourth-order valence-corrected chi connectivity index (χ4v) is 2.02. The van der Waals surface area contributed by atoms with E-state index in [4.69, 9.17) is 15.2 Å². The van der Waals surface area contributed by atoms with Gasteiger partial charge in [0.25, 0.3) is 5.91 Å². The zero-order valence-electron chi connectivity index (χ0n) is 12.7. The number of benzene rings is 1. The third-order valence-corrected chi connectivity index (χ3v) is 3.18. The monoisotopic (exact) mass is 302 g/mol. The molecule has 1 unspecified atom stereocenters.